The van der Waals surface area contributed by atoms with Crippen molar-refractivity contribution in [1.82, 2.24) is 0 Å². The molecular weight excluding hydrogens is 313 g/mol. The third-order valence-electron chi connectivity index (χ3n) is 1.92. The molecule has 0 aliphatic rings. The highest BCUT2D eigenvalue weighted by Gasteiger charge is 2.35. The molecule has 0 saturated carbocycles. The maximum absolute atomic E-state index is 12.6. The molecule has 0 saturated heterocycles. The zero-order valence-corrected chi connectivity index (χ0v) is 11.6. The van der Waals surface area contributed by atoms with Gasteiger partial charge in [-0.25, -0.2) is 4.79 Å². The van der Waals surface area contributed by atoms with Crippen molar-refractivity contribution in [3.05, 3.63) is 33.8 Å². The van der Waals surface area contributed by atoms with Crippen molar-refractivity contribution in [2.24, 2.45) is 0 Å². The van der Waals surface area contributed by atoms with Gasteiger partial charge in [-0.3, -0.25) is 0 Å². The van der Waals surface area contributed by atoms with Crippen LogP contribution in [0.3, 0.4) is 0 Å². The third-order valence-corrected chi connectivity index (χ3v) is 2.78. The lowest BCUT2D eigenvalue weighted by molar-refractivity contribution is -0.138. The van der Waals surface area contributed by atoms with Gasteiger partial charge in [0.2, 0.25) is 0 Å². The highest BCUT2D eigenvalue weighted by Crippen LogP contribution is 2.36. The largest absolute Gasteiger partial charge is 0.456 e. The van der Waals surface area contributed by atoms with E-state index in [1.807, 2.05) is 0 Å². The van der Waals surface area contributed by atoms with Gasteiger partial charge in [0, 0.05) is 4.47 Å². The molecule has 0 heterocycles. The number of carbonyl (C=O) groups excluding carboxylic acids is 1. The van der Waals surface area contributed by atoms with Crippen molar-refractivity contribution in [2.45, 2.75) is 32.5 Å². The fourth-order valence-electron chi connectivity index (χ4n) is 1.24. The Hall–Kier alpha value is -1.04. The van der Waals surface area contributed by atoms with E-state index in [1.165, 1.54) is 12.1 Å². The molecule has 0 atom stereocenters. The minimum absolute atomic E-state index is 0.139. The van der Waals surface area contributed by atoms with Gasteiger partial charge in [-0.15, -0.1) is 0 Å². The number of hydrogen-bond acceptors (Lipinski definition) is 2. The first-order chi connectivity index (χ1) is 8.02. The van der Waals surface area contributed by atoms with Crippen LogP contribution in [-0.2, 0) is 10.9 Å². The molecule has 1 rings (SSSR count). The van der Waals surface area contributed by atoms with Gasteiger partial charge in [-0.2, -0.15) is 13.2 Å². The molecule has 1 aromatic carbocycles. The summed E-state index contributed by atoms with van der Waals surface area (Å²) in [5.41, 5.74) is -1.80. The van der Waals surface area contributed by atoms with Crippen molar-refractivity contribution < 1.29 is 22.7 Å². The Balaban J connectivity index is 3.16. The predicted octanol–water partition coefficient (Wildman–Crippen LogP) is 4.42. The Morgan fingerprint density at radius 1 is 1.22 bits per heavy atom. The quantitative estimate of drug-likeness (QED) is 0.714. The minimum Gasteiger partial charge on any atom is -0.456 e. The van der Waals surface area contributed by atoms with Crippen molar-refractivity contribution in [3.8, 4) is 0 Å². The summed E-state index contributed by atoms with van der Waals surface area (Å²) in [6.07, 6.45) is -4.52. The standard InChI is InChI=1S/C12H12BrF3O2/c1-11(2,3)18-10(17)7-5-4-6-8(9(7)13)12(14,15)16/h4-6H,1-3H3. The highest BCUT2D eigenvalue weighted by atomic mass is 79.9. The molecule has 0 aromatic heterocycles. The lowest BCUT2D eigenvalue weighted by Gasteiger charge is -2.20. The average Bonchev–Trinajstić information content (AvgIpc) is 2.12. The van der Waals surface area contributed by atoms with Gasteiger partial charge in [0.1, 0.15) is 5.60 Å². The number of rotatable bonds is 1. The fraction of sp³-hybridized carbons (Fsp3) is 0.417. The van der Waals surface area contributed by atoms with E-state index in [4.69, 9.17) is 4.74 Å². The number of halogens is 4. The van der Waals surface area contributed by atoms with Crippen LogP contribution in [0.2, 0.25) is 0 Å². The van der Waals surface area contributed by atoms with Gasteiger partial charge < -0.3 is 4.74 Å². The van der Waals surface area contributed by atoms with E-state index in [-0.39, 0.29) is 10.0 Å². The lowest BCUT2D eigenvalue weighted by atomic mass is 10.1. The van der Waals surface area contributed by atoms with Gasteiger partial charge in [0.25, 0.3) is 0 Å². The summed E-state index contributed by atoms with van der Waals surface area (Å²) in [7, 11) is 0. The van der Waals surface area contributed by atoms with Crippen molar-refractivity contribution in [1.29, 1.82) is 0 Å². The Kier molecular flexibility index (Phi) is 4.10. The molecule has 0 fully saturated rings. The molecule has 0 radical (unpaired) electrons. The highest BCUT2D eigenvalue weighted by molar-refractivity contribution is 9.10. The molecule has 100 valence electrons. The second kappa shape index (κ2) is 4.91. The first-order valence-electron chi connectivity index (χ1n) is 5.11. The zero-order chi connectivity index (χ0) is 14.1. The minimum atomic E-state index is -4.52. The van der Waals surface area contributed by atoms with Crippen molar-refractivity contribution in [3.63, 3.8) is 0 Å². The summed E-state index contributed by atoms with van der Waals surface area (Å²) in [6, 6.07) is 3.36. The number of benzene rings is 1. The maximum atomic E-state index is 12.6. The van der Waals surface area contributed by atoms with E-state index >= 15 is 0 Å². The Bertz CT molecular complexity index is 461. The van der Waals surface area contributed by atoms with Crippen LogP contribution in [0.25, 0.3) is 0 Å². The SMILES string of the molecule is CC(C)(C)OC(=O)c1cccc(C(F)(F)F)c1Br. The molecule has 6 heteroatoms. The number of hydrogen-bond donors (Lipinski definition) is 0. The number of carbonyl (C=O) groups is 1. The normalized spacial score (nSPS) is 12.4. The molecular formula is C12H12BrF3O2. The molecule has 0 N–H and O–H groups in total. The van der Waals surface area contributed by atoms with Gasteiger partial charge in [0.05, 0.1) is 11.1 Å². The summed E-state index contributed by atoms with van der Waals surface area (Å²) in [5.74, 6) is -0.791. The predicted molar refractivity (Wildman–Crippen MR) is 64.3 cm³/mol. The zero-order valence-electron chi connectivity index (χ0n) is 10.1. The van der Waals surface area contributed by atoms with Gasteiger partial charge >= 0.3 is 12.1 Å². The molecule has 0 aliphatic carbocycles. The topological polar surface area (TPSA) is 26.3 Å². The molecule has 1 aromatic rings. The summed E-state index contributed by atoms with van der Waals surface area (Å²) in [4.78, 5) is 11.7. The van der Waals surface area contributed by atoms with Crippen molar-refractivity contribution >= 4 is 21.9 Å². The van der Waals surface area contributed by atoms with Crippen LogP contribution in [0.5, 0.6) is 0 Å². The van der Waals surface area contributed by atoms with Crippen LogP contribution in [0.15, 0.2) is 22.7 Å². The summed E-state index contributed by atoms with van der Waals surface area (Å²) >= 11 is 2.80. The van der Waals surface area contributed by atoms with E-state index in [2.05, 4.69) is 15.9 Å². The first kappa shape index (κ1) is 15.0. The van der Waals surface area contributed by atoms with Crippen LogP contribution < -0.4 is 0 Å². The van der Waals surface area contributed by atoms with Gasteiger partial charge in [-0.05, 0) is 48.8 Å². The van der Waals surface area contributed by atoms with E-state index in [0.29, 0.717) is 0 Å². The Morgan fingerprint density at radius 2 is 1.78 bits per heavy atom. The molecule has 0 unspecified atom stereocenters. The smallest absolute Gasteiger partial charge is 0.417 e. The number of ether oxygens (including phenoxy) is 1. The molecule has 0 bridgehead atoms. The molecule has 18 heavy (non-hydrogen) atoms. The third kappa shape index (κ3) is 3.73. The Morgan fingerprint density at radius 3 is 2.22 bits per heavy atom. The molecule has 0 spiro atoms. The van der Waals surface area contributed by atoms with Gasteiger partial charge in [-0.1, -0.05) is 6.07 Å². The second-order valence-electron chi connectivity index (χ2n) is 4.67. The van der Waals surface area contributed by atoms with Crippen LogP contribution in [-0.4, -0.2) is 11.6 Å². The van der Waals surface area contributed by atoms with Crippen LogP contribution in [0.1, 0.15) is 36.7 Å². The number of esters is 1. The first-order valence-corrected chi connectivity index (χ1v) is 5.91. The van der Waals surface area contributed by atoms with Gasteiger partial charge in [0.15, 0.2) is 0 Å². The van der Waals surface area contributed by atoms with E-state index in [9.17, 15) is 18.0 Å². The lowest BCUT2D eigenvalue weighted by Crippen LogP contribution is -2.24. The van der Waals surface area contributed by atoms with Crippen molar-refractivity contribution in [2.75, 3.05) is 0 Å². The molecule has 0 amide bonds. The van der Waals surface area contributed by atoms with Crippen LogP contribution in [0, 0.1) is 0 Å². The molecule has 0 aliphatic heterocycles. The summed E-state index contributed by atoms with van der Waals surface area (Å²) in [5, 5.41) is 0. The number of alkyl halides is 3. The Labute approximate surface area is 111 Å². The van der Waals surface area contributed by atoms with E-state index in [0.717, 1.165) is 6.07 Å². The second-order valence-corrected chi connectivity index (χ2v) is 5.46. The summed E-state index contributed by atoms with van der Waals surface area (Å²) in [6.45, 7) is 4.94. The average molecular weight is 325 g/mol. The summed E-state index contributed by atoms with van der Waals surface area (Å²) < 4.78 is 42.7. The monoisotopic (exact) mass is 324 g/mol. The fourth-order valence-corrected chi connectivity index (χ4v) is 1.89. The molecule has 2 nitrogen and oxygen atoms in total. The van der Waals surface area contributed by atoms with E-state index < -0.39 is 23.3 Å². The van der Waals surface area contributed by atoms with E-state index in [1.54, 1.807) is 20.8 Å². The van der Waals surface area contributed by atoms with Crippen LogP contribution >= 0.6 is 15.9 Å². The van der Waals surface area contributed by atoms with Crippen LogP contribution in [0.4, 0.5) is 13.2 Å². The maximum Gasteiger partial charge on any atom is 0.417 e.